The molecule has 2 fully saturated rings. The van der Waals surface area contributed by atoms with Crippen molar-refractivity contribution < 1.29 is 9.47 Å². The minimum absolute atomic E-state index is 0.0193. The third kappa shape index (κ3) is 4.38. The Labute approximate surface area is 188 Å². The van der Waals surface area contributed by atoms with E-state index in [-0.39, 0.29) is 11.7 Å². The highest BCUT2D eigenvalue weighted by molar-refractivity contribution is 5.83. The predicted molar refractivity (Wildman–Crippen MR) is 128 cm³/mol. The zero-order valence-corrected chi connectivity index (χ0v) is 18.6. The van der Waals surface area contributed by atoms with Crippen molar-refractivity contribution in [3.05, 3.63) is 65.1 Å². The second kappa shape index (κ2) is 9.35. The number of aromatic nitrogens is 1. The average molecular weight is 434 g/mol. The molecule has 6 nitrogen and oxygen atoms in total. The van der Waals surface area contributed by atoms with Gasteiger partial charge in [0.25, 0.3) is 5.56 Å². The molecule has 2 aliphatic rings. The Bertz CT molecular complexity index is 1120. The summed E-state index contributed by atoms with van der Waals surface area (Å²) in [5.74, 6) is 0.774. The Morgan fingerprint density at radius 2 is 1.91 bits per heavy atom. The molecule has 0 saturated carbocycles. The number of hydrogen-bond acceptors (Lipinski definition) is 5. The van der Waals surface area contributed by atoms with Crippen molar-refractivity contribution in [2.45, 2.75) is 37.8 Å². The van der Waals surface area contributed by atoms with E-state index in [4.69, 9.17) is 9.47 Å². The minimum atomic E-state index is -0.0193. The molecule has 0 radical (unpaired) electrons. The van der Waals surface area contributed by atoms with Crippen molar-refractivity contribution in [1.82, 2.24) is 9.88 Å². The normalized spacial score (nSPS) is 21.2. The van der Waals surface area contributed by atoms with E-state index < -0.39 is 0 Å². The van der Waals surface area contributed by atoms with Crippen LogP contribution in [0.25, 0.3) is 16.5 Å². The first-order chi connectivity index (χ1) is 15.7. The number of ether oxygens (including phenoxy) is 2. The first kappa shape index (κ1) is 21.0. The molecule has 2 aliphatic heterocycles. The van der Waals surface area contributed by atoms with Gasteiger partial charge in [-0.2, -0.15) is 0 Å². The van der Waals surface area contributed by atoms with E-state index in [0.717, 1.165) is 49.4 Å². The lowest BCUT2D eigenvalue weighted by atomic mass is 10.1. The lowest BCUT2D eigenvalue weighted by Gasteiger charge is -2.34. The first-order valence-electron chi connectivity index (χ1n) is 11.6. The number of rotatable bonds is 6. The van der Waals surface area contributed by atoms with Crippen LogP contribution in [0.3, 0.4) is 0 Å². The summed E-state index contributed by atoms with van der Waals surface area (Å²) in [5.41, 5.74) is 2.06. The summed E-state index contributed by atoms with van der Waals surface area (Å²) >= 11 is 0. The molecule has 0 bridgehead atoms. The van der Waals surface area contributed by atoms with Crippen molar-refractivity contribution >= 4 is 16.5 Å². The molecule has 0 spiro atoms. The number of hydrogen-bond donors (Lipinski definition) is 1. The van der Waals surface area contributed by atoms with Gasteiger partial charge in [-0.05, 0) is 86.6 Å². The maximum absolute atomic E-state index is 13.2. The topological polar surface area (TPSA) is 55.7 Å². The summed E-state index contributed by atoms with van der Waals surface area (Å²) in [4.78, 5) is 15.6. The average Bonchev–Trinajstić information content (AvgIpc) is 3.37. The first-order valence-corrected chi connectivity index (χ1v) is 11.6. The highest BCUT2D eigenvalue weighted by Gasteiger charge is 2.19. The van der Waals surface area contributed by atoms with Gasteiger partial charge >= 0.3 is 0 Å². The molecule has 5 rings (SSSR count). The van der Waals surface area contributed by atoms with E-state index in [1.54, 1.807) is 4.57 Å². The standard InChI is InChI=1S/C26H31N3O3/c1-27-20-4-2-13-28(17-20)21-6-8-22(9-7-21)29-14-12-19-16-23(10-11-25(19)26(29)30)32-18-24-5-3-15-31-24/h6-12,14,16,20,24,27H,2-5,13,15,17-18H2,1H3. The van der Waals surface area contributed by atoms with Crippen LogP contribution >= 0.6 is 0 Å². The Morgan fingerprint density at radius 1 is 1.06 bits per heavy atom. The summed E-state index contributed by atoms with van der Waals surface area (Å²) in [6.45, 7) is 3.47. The SMILES string of the molecule is CNC1CCCN(c2ccc(-n3ccc4cc(OCC5CCCO5)ccc4c3=O)cc2)C1. The fourth-order valence-corrected chi connectivity index (χ4v) is 4.76. The molecule has 1 N–H and O–H groups in total. The third-order valence-corrected chi connectivity index (χ3v) is 6.66. The Balaban J connectivity index is 1.34. The fraction of sp³-hybridized carbons (Fsp3) is 0.423. The van der Waals surface area contributed by atoms with Crippen molar-refractivity contribution in [1.29, 1.82) is 0 Å². The molecular formula is C26H31N3O3. The van der Waals surface area contributed by atoms with E-state index >= 15 is 0 Å². The smallest absolute Gasteiger partial charge is 0.262 e. The maximum atomic E-state index is 13.2. The molecule has 2 aromatic carbocycles. The van der Waals surface area contributed by atoms with Crippen LogP contribution in [0.1, 0.15) is 25.7 Å². The zero-order valence-electron chi connectivity index (χ0n) is 18.6. The van der Waals surface area contributed by atoms with Crippen LogP contribution in [-0.2, 0) is 4.74 Å². The van der Waals surface area contributed by atoms with Gasteiger partial charge in [0.15, 0.2) is 0 Å². The Kier molecular flexibility index (Phi) is 6.14. The molecule has 0 aliphatic carbocycles. The van der Waals surface area contributed by atoms with Crippen LogP contribution in [0, 0.1) is 0 Å². The highest BCUT2D eigenvalue weighted by Crippen LogP contribution is 2.23. The van der Waals surface area contributed by atoms with E-state index in [1.807, 2.05) is 49.6 Å². The summed E-state index contributed by atoms with van der Waals surface area (Å²) in [6, 6.07) is 16.5. The number of piperidine rings is 1. The molecule has 1 aromatic heterocycles. The quantitative estimate of drug-likeness (QED) is 0.642. The van der Waals surface area contributed by atoms with Crippen LogP contribution < -0.4 is 20.5 Å². The lowest BCUT2D eigenvalue weighted by molar-refractivity contribution is 0.0680. The number of nitrogens with zero attached hydrogens (tertiary/aromatic N) is 2. The van der Waals surface area contributed by atoms with Crippen LogP contribution in [0.5, 0.6) is 5.75 Å². The van der Waals surface area contributed by atoms with Crippen molar-refractivity contribution in [3.8, 4) is 11.4 Å². The molecule has 2 atom stereocenters. The summed E-state index contributed by atoms with van der Waals surface area (Å²) < 4.78 is 13.2. The molecule has 2 saturated heterocycles. The largest absolute Gasteiger partial charge is 0.491 e. The molecule has 32 heavy (non-hydrogen) atoms. The maximum Gasteiger partial charge on any atom is 0.262 e. The number of pyridine rings is 1. The van der Waals surface area contributed by atoms with Crippen LogP contribution in [0.4, 0.5) is 5.69 Å². The van der Waals surface area contributed by atoms with Gasteiger partial charge in [0.1, 0.15) is 12.4 Å². The molecule has 3 heterocycles. The molecule has 0 amide bonds. The highest BCUT2D eigenvalue weighted by atomic mass is 16.5. The zero-order chi connectivity index (χ0) is 21.9. The van der Waals surface area contributed by atoms with E-state index in [9.17, 15) is 4.79 Å². The van der Waals surface area contributed by atoms with Crippen molar-refractivity contribution in [2.24, 2.45) is 0 Å². The molecule has 6 heteroatoms. The molecule has 168 valence electrons. The number of fused-ring (bicyclic) bond motifs is 1. The third-order valence-electron chi connectivity index (χ3n) is 6.66. The van der Waals surface area contributed by atoms with Gasteiger partial charge < -0.3 is 19.7 Å². The molecule has 2 unspecified atom stereocenters. The lowest BCUT2D eigenvalue weighted by Crippen LogP contribution is -2.44. The van der Waals surface area contributed by atoms with Crippen molar-refractivity contribution in [2.75, 3.05) is 38.3 Å². The van der Waals surface area contributed by atoms with Gasteiger partial charge in [-0.1, -0.05) is 0 Å². The second-order valence-electron chi connectivity index (χ2n) is 8.78. The number of anilines is 1. The van der Waals surface area contributed by atoms with Gasteiger partial charge in [0.2, 0.25) is 0 Å². The van der Waals surface area contributed by atoms with Gasteiger partial charge in [-0.25, -0.2) is 0 Å². The number of benzene rings is 2. The second-order valence-corrected chi connectivity index (χ2v) is 8.78. The Morgan fingerprint density at radius 3 is 2.69 bits per heavy atom. The van der Waals surface area contributed by atoms with E-state index in [1.165, 1.54) is 18.5 Å². The van der Waals surface area contributed by atoms with Crippen LogP contribution in [-0.4, -0.2) is 50.1 Å². The number of nitrogens with one attached hydrogen (secondary N) is 1. The van der Waals surface area contributed by atoms with Gasteiger partial charge in [-0.15, -0.1) is 0 Å². The minimum Gasteiger partial charge on any atom is -0.491 e. The van der Waals surface area contributed by atoms with E-state index in [0.29, 0.717) is 18.0 Å². The van der Waals surface area contributed by atoms with Crippen LogP contribution in [0.15, 0.2) is 59.5 Å². The Hall–Kier alpha value is -2.83. The summed E-state index contributed by atoms with van der Waals surface area (Å²) in [7, 11) is 2.03. The monoisotopic (exact) mass is 433 g/mol. The van der Waals surface area contributed by atoms with Crippen molar-refractivity contribution in [3.63, 3.8) is 0 Å². The number of likely N-dealkylation sites (N-methyl/N-ethyl adjacent to an activating group) is 1. The van der Waals surface area contributed by atoms with E-state index in [2.05, 4.69) is 22.3 Å². The predicted octanol–water partition coefficient (Wildman–Crippen LogP) is 3.74. The van der Waals surface area contributed by atoms with Gasteiger partial charge in [0.05, 0.1) is 6.10 Å². The molecular weight excluding hydrogens is 402 g/mol. The fourth-order valence-electron chi connectivity index (χ4n) is 4.76. The molecule has 3 aromatic rings. The van der Waals surface area contributed by atoms with Gasteiger partial charge in [-0.3, -0.25) is 9.36 Å². The van der Waals surface area contributed by atoms with Crippen LogP contribution in [0.2, 0.25) is 0 Å². The summed E-state index contributed by atoms with van der Waals surface area (Å²) in [6.07, 6.45) is 6.58. The summed E-state index contributed by atoms with van der Waals surface area (Å²) in [5, 5.41) is 4.97. The van der Waals surface area contributed by atoms with Gasteiger partial charge in [0, 0.05) is 48.7 Å².